The Balaban J connectivity index is 1.66. The van der Waals surface area contributed by atoms with E-state index in [9.17, 15) is 4.79 Å². The van der Waals surface area contributed by atoms with Crippen LogP contribution in [0.1, 0.15) is 30.1 Å². The van der Waals surface area contributed by atoms with Gasteiger partial charge in [-0.15, -0.1) is 0 Å². The number of carbonyl (C=O) groups excluding carboxylic acids is 1. The summed E-state index contributed by atoms with van der Waals surface area (Å²) in [6.45, 7) is 2.97. The molecule has 2 heterocycles. The summed E-state index contributed by atoms with van der Waals surface area (Å²) in [6.07, 6.45) is 2.19. The van der Waals surface area contributed by atoms with E-state index in [1.54, 1.807) is 18.2 Å². The van der Waals surface area contributed by atoms with Gasteiger partial charge in [-0.1, -0.05) is 0 Å². The molecule has 1 saturated heterocycles. The van der Waals surface area contributed by atoms with Crippen LogP contribution in [-0.2, 0) is 4.74 Å². The number of ether oxygens (including phenoxy) is 3. The Kier molecular flexibility index (Phi) is 3.29. The molecule has 0 aromatic heterocycles. The summed E-state index contributed by atoms with van der Waals surface area (Å²) in [5.74, 6) is 1.20. The Morgan fingerprint density at radius 1 is 1.37 bits per heavy atom. The second-order valence-corrected chi connectivity index (χ2v) is 4.88. The normalized spacial score (nSPS) is 22.3. The SMILES string of the molecule is C[C@H](NC(=O)c1ccc2c(c1)OCO2)[C@H]1CCCO1. The second kappa shape index (κ2) is 5.09. The van der Waals surface area contributed by atoms with Crippen LogP contribution in [0.4, 0.5) is 0 Å². The molecule has 3 rings (SSSR count). The summed E-state index contributed by atoms with van der Waals surface area (Å²) < 4.78 is 16.1. The molecule has 0 unspecified atom stereocenters. The van der Waals surface area contributed by atoms with Gasteiger partial charge >= 0.3 is 0 Å². The predicted molar refractivity (Wildman–Crippen MR) is 68.5 cm³/mol. The van der Waals surface area contributed by atoms with Crippen LogP contribution in [0.15, 0.2) is 18.2 Å². The third-order valence-electron chi connectivity index (χ3n) is 3.52. The molecule has 5 heteroatoms. The van der Waals surface area contributed by atoms with Crippen LogP contribution < -0.4 is 14.8 Å². The number of rotatable bonds is 3. The van der Waals surface area contributed by atoms with Gasteiger partial charge in [0.1, 0.15) is 0 Å². The highest BCUT2D eigenvalue weighted by molar-refractivity contribution is 5.95. The van der Waals surface area contributed by atoms with Crippen LogP contribution in [0.3, 0.4) is 0 Å². The van der Waals surface area contributed by atoms with E-state index in [1.807, 2.05) is 6.92 Å². The fraction of sp³-hybridized carbons (Fsp3) is 0.500. The summed E-state index contributed by atoms with van der Waals surface area (Å²) in [5, 5.41) is 2.97. The number of fused-ring (bicyclic) bond motifs is 1. The van der Waals surface area contributed by atoms with Gasteiger partial charge in [0.05, 0.1) is 12.1 Å². The van der Waals surface area contributed by atoms with Crippen LogP contribution in [0.5, 0.6) is 11.5 Å². The number of hydrogen-bond acceptors (Lipinski definition) is 4. The summed E-state index contributed by atoms with van der Waals surface area (Å²) in [4.78, 5) is 12.1. The quantitative estimate of drug-likeness (QED) is 0.902. The van der Waals surface area contributed by atoms with Gasteiger partial charge in [-0.3, -0.25) is 4.79 Å². The maximum Gasteiger partial charge on any atom is 0.251 e. The Labute approximate surface area is 111 Å². The molecule has 102 valence electrons. The molecule has 0 spiro atoms. The van der Waals surface area contributed by atoms with Gasteiger partial charge in [-0.05, 0) is 38.0 Å². The molecule has 0 radical (unpaired) electrons. The first-order valence-electron chi connectivity index (χ1n) is 6.56. The number of benzene rings is 1. The van der Waals surface area contributed by atoms with Crippen molar-refractivity contribution < 1.29 is 19.0 Å². The maximum atomic E-state index is 12.1. The Bertz CT molecular complexity index is 482. The molecule has 0 bridgehead atoms. The summed E-state index contributed by atoms with van der Waals surface area (Å²) in [5.41, 5.74) is 0.578. The van der Waals surface area contributed by atoms with Crippen LogP contribution in [0, 0.1) is 0 Å². The van der Waals surface area contributed by atoms with E-state index in [1.165, 1.54) is 0 Å². The van der Waals surface area contributed by atoms with E-state index in [2.05, 4.69) is 5.32 Å². The topological polar surface area (TPSA) is 56.8 Å². The van der Waals surface area contributed by atoms with E-state index >= 15 is 0 Å². The van der Waals surface area contributed by atoms with Crippen molar-refractivity contribution in [3.8, 4) is 11.5 Å². The van der Waals surface area contributed by atoms with Gasteiger partial charge in [0.15, 0.2) is 11.5 Å². The highest BCUT2D eigenvalue weighted by atomic mass is 16.7. The van der Waals surface area contributed by atoms with E-state index < -0.39 is 0 Å². The molecule has 1 fully saturated rings. The molecule has 2 aliphatic heterocycles. The van der Waals surface area contributed by atoms with Gasteiger partial charge in [0, 0.05) is 12.2 Å². The van der Waals surface area contributed by atoms with Crippen molar-refractivity contribution in [3.05, 3.63) is 23.8 Å². The number of carbonyl (C=O) groups is 1. The van der Waals surface area contributed by atoms with Crippen LogP contribution >= 0.6 is 0 Å². The van der Waals surface area contributed by atoms with E-state index in [-0.39, 0.29) is 24.8 Å². The molecule has 5 nitrogen and oxygen atoms in total. The molecule has 1 N–H and O–H groups in total. The minimum atomic E-state index is -0.110. The van der Waals surface area contributed by atoms with Gasteiger partial charge in [-0.25, -0.2) is 0 Å². The minimum Gasteiger partial charge on any atom is -0.454 e. The fourth-order valence-corrected chi connectivity index (χ4v) is 2.42. The molecule has 1 aromatic rings. The Morgan fingerprint density at radius 2 is 2.21 bits per heavy atom. The zero-order chi connectivity index (χ0) is 13.2. The standard InChI is InChI=1S/C14H17NO4/c1-9(11-3-2-6-17-11)15-14(16)10-4-5-12-13(7-10)19-8-18-12/h4-5,7,9,11H,2-3,6,8H2,1H3,(H,15,16)/t9-,11+/m0/s1. The maximum absolute atomic E-state index is 12.1. The first kappa shape index (κ1) is 12.3. The van der Waals surface area contributed by atoms with E-state index in [4.69, 9.17) is 14.2 Å². The molecule has 2 aliphatic rings. The van der Waals surface area contributed by atoms with Gasteiger partial charge in [0.2, 0.25) is 6.79 Å². The number of amides is 1. The van der Waals surface area contributed by atoms with Crippen LogP contribution in [0.25, 0.3) is 0 Å². The summed E-state index contributed by atoms with van der Waals surface area (Å²) in [7, 11) is 0. The Morgan fingerprint density at radius 3 is 3.00 bits per heavy atom. The predicted octanol–water partition coefficient (Wildman–Crippen LogP) is 1.71. The summed E-state index contributed by atoms with van der Waals surface area (Å²) in [6, 6.07) is 5.22. The zero-order valence-corrected chi connectivity index (χ0v) is 10.8. The zero-order valence-electron chi connectivity index (χ0n) is 10.8. The third-order valence-corrected chi connectivity index (χ3v) is 3.52. The molecular weight excluding hydrogens is 246 g/mol. The smallest absolute Gasteiger partial charge is 0.251 e. The molecule has 0 aliphatic carbocycles. The molecule has 2 atom stereocenters. The van der Waals surface area contributed by atoms with Gasteiger partial charge in [0.25, 0.3) is 5.91 Å². The molecule has 0 saturated carbocycles. The number of hydrogen-bond donors (Lipinski definition) is 1. The van der Waals surface area contributed by atoms with Crippen molar-refractivity contribution in [2.24, 2.45) is 0 Å². The lowest BCUT2D eigenvalue weighted by molar-refractivity contribution is 0.0712. The van der Waals surface area contributed by atoms with Crippen molar-refractivity contribution >= 4 is 5.91 Å². The highest BCUT2D eigenvalue weighted by Crippen LogP contribution is 2.32. The average molecular weight is 263 g/mol. The Hall–Kier alpha value is -1.75. The second-order valence-electron chi connectivity index (χ2n) is 4.88. The largest absolute Gasteiger partial charge is 0.454 e. The molecule has 19 heavy (non-hydrogen) atoms. The van der Waals surface area contributed by atoms with E-state index in [0.717, 1.165) is 19.4 Å². The third kappa shape index (κ3) is 2.51. The minimum absolute atomic E-state index is 0.0143. The lowest BCUT2D eigenvalue weighted by Gasteiger charge is -2.20. The molecular formula is C14H17NO4. The van der Waals surface area contributed by atoms with Crippen molar-refractivity contribution in [1.82, 2.24) is 5.32 Å². The lowest BCUT2D eigenvalue weighted by atomic mass is 10.1. The van der Waals surface area contributed by atoms with Crippen molar-refractivity contribution in [3.63, 3.8) is 0 Å². The monoisotopic (exact) mass is 263 g/mol. The number of nitrogens with one attached hydrogen (secondary N) is 1. The highest BCUT2D eigenvalue weighted by Gasteiger charge is 2.24. The van der Waals surface area contributed by atoms with Crippen molar-refractivity contribution in [2.75, 3.05) is 13.4 Å². The first-order chi connectivity index (χ1) is 9.24. The molecule has 1 aromatic carbocycles. The van der Waals surface area contributed by atoms with Gasteiger partial charge < -0.3 is 19.5 Å². The van der Waals surface area contributed by atoms with Crippen LogP contribution in [0.2, 0.25) is 0 Å². The lowest BCUT2D eigenvalue weighted by Crippen LogP contribution is -2.40. The average Bonchev–Trinajstić information content (AvgIpc) is 3.09. The van der Waals surface area contributed by atoms with E-state index in [0.29, 0.717) is 17.1 Å². The van der Waals surface area contributed by atoms with Crippen molar-refractivity contribution in [2.45, 2.75) is 31.9 Å². The summed E-state index contributed by atoms with van der Waals surface area (Å²) >= 11 is 0. The fourth-order valence-electron chi connectivity index (χ4n) is 2.42. The van der Waals surface area contributed by atoms with Crippen LogP contribution in [-0.4, -0.2) is 31.5 Å². The molecule has 1 amide bonds. The first-order valence-corrected chi connectivity index (χ1v) is 6.56. The van der Waals surface area contributed by atoms with Gasteiger partial charge in [-0.2, -0.15) is 0 Å². The van der Waals surface area contributed by atoms with Crippen molar-refractivity contribution in [1.29, 1.82) is 0 Å².